The van der Waals surface area contributed by atoms with Crippen molar-refractivity contribution < 1.29 is 201 Å². The van der Waals surface area contributed by atoms with E-state index < -0.39 is 346 Å². The summed E-state index contributed by atoms with van der Waals surface area (Å²) in [5.41, 5.74) is 4.35. The number of nitrogen functional groups attached to an aromatic ring is 1. The lowest BCUT2D eigenvalue weighted by Crippen LogP contribution is -2.68. The first-order valence-corrected chi connectivity index (χ1v) is 36.6. The number of anilines is 1. The number of hydrogen-bond donors (Lipinski definition) is 24. The molecule has 0 spiro atoms. The average molecular weight is 1640 g/mol. The standard InChI is InChI=1S/C61H95F2N5O40S2/c1-65-18(52(91)66-4-2-28(74)94-13-29(75)93-12-17-6-26(61(62,63)51(17)90)68-5-3-27(64)67-60(68)92)15-110-16-25-50-36(82)43(89)59(101-25)106-48-23(11-73)97-55(39(85)32(48)78)102-44-19(7-69)95-53(37(83)30(44)76)103-45-20(8-70)98-56(40(86)33(45)79)107-49-24(14-109)100-58(42(88)35(49)81)105-47-22(10-72)96-54(38(84)31(47)77)104-46-21(9-71)99-57(108-50)41(87)34(46)80/h3,5,17-26,30-51,53-59,65,69-73,76-90,109H,2,4,6-16H2,1H3,(H,66,91)(H2,64,67,92)/t17-,18-,19?,20?,21?,22?,23?,24?,25?,26-,30-,31-,32-,33-,34-,35-,36-,37?,38?,39?,40?,41?,42?,43?,44-,45-,46-,47-,48-,49-,50-,51-,53-,54+,55-,56-,57+,58-,59+/m1/s1. The second-order valence-corrected chi connectivity index (χ2v) is 28.8. The number of esters is 2. The van der Waals surface area contributed by atoms with Gasteiger partial charge in [0.05, 0.1) is 64.3 Å². The Bertz CT molecular complexity index is 3190. The van der Waals surface area contributed by atoms with E-state index >= 15 is 8.78 Å². The lowest BCUT2D eigenvalue weighted by atomic mass is 9.95. The Kier molecular flexibility index (Phi) is 31.1. The molecule has 45 nitrogen and oxygen atoms in total. The van der Waals surface area contributed by atoms with Crippen molar-refractivity contribution >= 4 is 48.1 Å². The van der Waals surface area contributed by atoms with Gasteiger partial charge in [0.1, 0.15) is 177 Å². The number of halogens is 2. The van der Waals surface area contributed by atoms with E-state index in [-0.39, 0.29) is 11.6 Å². The fourth-order valence-corrected chi connectivity index (χ4v) is 15.5. The van der Waals surface area contributed by atoms with E-state index in [1.165, 1.54) is 7.05 Å². The number of ether oxygens (including phenoxy) is 16. The molecule has 0 aromatic carbocycles. The molecule has 1 aromatic rings. The van der Waals surface area contributed by atoms with Crippen molar-refractivity contribution in [3.8, 4) is 0 Å². The van der Waals surface area contributed by atoms with Crippen molar-refractivity contribution in [1.29, 1.82) is 0 Å². The summed E-state index contributed by atoms with van der Waals surface area (Å²) in [5.74, 6) is -9.53. The van der Waals surface area contributed by atoms with Gasteiger partial charge < -0.3 is 194 Å². The number of rotatable bonds is 20. The van der Waals surface area contributed by atoms with E-state index in [4.69, 9.17) is 81.5 Å². The molecule has 1 saturated carbocycles. The molecular formula is C61H95F2N5O40S2. The van der Waals surface area contributed by atoms with Crippen LogP contribution in [-0.4, -0.2) is 440 Å². The molecule has 21 aliphatic heterocycles. The Hall–Kier alpha value is -3.75. The second-order valence-electron chi connectivity index (χ2n) is 27.4. The van der Waals surface area contributed by atoms with Gasteiger partial charge in [-0.05, 0) is 19.5 Å². The van der Waals surface area contributed by atoms with Crippen molar-refractivity contribution in [2.24, 2.45) is 5.92 Å². The zero-order valence-electron chi connectivity index (χ0n) is 58.1. The molecule has 14 unspecified atom stereocenters. The molecule has 49 heteroatoms. The van der Waals surface area contributed by atoms with Crippen molar-refractivity contribution in [2.45, 2.75) is 252 Å². The summed E-state index contributed by atoms with van der Waals surface area (Å²) in [5, 5.41) is 231. The van der Waals surface area contributed by atoms with Crippen LogP contribution in [0.1, 0.15) is 18.9 Å². The van der Waals surface area contributed by atoms with Crippen LogP contribution in [0, 0.1) is 5.92 Å². The minimum Gasteiger partial charge on any atom is -0.463 e. The first-order valence-electron chi connectivity index (χ1n) is 34.8. The molecule has 14 bridgehead atoms. The molecule has 24 N–H and O–H groups in total. The number of nitrogens with zero attached hydrogens (tertiary/aromatic N) is 2. The molecule has 110 heavy (non-hydrogen) atoms. The van der Waals surface area contributed by atoms with Gasteiger partial charge in [0.2, 0.25) is 5.91 Å². The fraction of sp³-hybridized carbons (Fsp3) is 0.885. The van der Waals surface area contributed by atoms with Gasteiger partial charge >= 0.3 is 17.6 Å². The largest absolute Gasteiger partial charge is 0.463 e. The normalized spacial score (nSPS) is 45.6. The van der Waals surface area contributed by atoms with Gasteiger partial charge in [-0.2, -0.15) is 29.4 Å². The summed E-state index contributed by atoms with van der Waals surface area (Å²) >= 11 is 5.11. The minimum absolute atomic E-state index is 0.230. The van der Waals surface area contributed by atoms with Gasteiger partial charge in [-0.15, -0.1) is 0 Å². The number of thiol groups is 1. The van der Waals surface area contributed by atoms with Crippen molar-refractivity contribution in [3.63, 3.8) is 0 Å². The van der Waals surface area contributed by atoms with Crippen LogP contribution in [0.5, 0.6) is 0 Å². The summed E-state index contributed by atoms with van der Waals surface area (Å²) in [7, 11) is 1.36. The molecule has 39 atom stereocenters. The highest BCUT2D eigenvalue weighted by Gasteiger charge is 2.62. The fourth-order valence-electron chi connectivity index (χ4n) is 14.1. The zero-order valence-corrected chi connectivity index (χ0v) is 59.8. The quantitative estimate of drug-likeness (QED) is 0.0426. The molecular weight excluding hydrogens is 1540 g/mol. The summed E-state index contributed by atoms with van der Waals surface area (Å²) in [6.45, 7) is -7.66. The summed E-state index contributed by atoms with van der Waals surface area (Å²) in [6.07, 6.45) is -73.9. The van der Waals surface area contributed by atoms with E-state index in [2.05, 4.69) is 28.2 Å². The Labute approximate surface area is 630 Å². The third-order valence-electron chi connectivity index (χ3n) is 20.3. The predicted molar refractivity (Wildman–Crippen MR) is 349 cm³/mol. The Balaban J connectivity index is 0.840. The van der Waals surface area contributed by atoms with Crippen molar-refractivity contribution in [3.05, 3.63) is 22.7 Å². The topological polar surface area (TPSA) is 688 Å². The number of alkyl halides is 2. The SMILES string of the molecule is CN[C@H](CSCC1O[C@H]2O[C@@H]3C(CO)O[C@H](O[C@@H]4C(CO)O[C@H](O[C@@H]5C(CO)O[C@H](O[C@@H]6C(CS)O[C@H](O[C@@H]7C(CO)O[C@@H](O[C@@H]8C(CO)O[C@@H](O[C@H]1[C@H](O)C2O)C(O)[C@H]8O)C(O)[C@H]7O)C(O)[C@H]6O)C(O)[C@H]5O)C(O)[C@H]4O)C(O)[C@H]3O)C(=O)NCCC(=O)OCC(=O)OC[C@H]1C[C@@H](n2ccc(N)nc2=O)C(F)(F)[C@@H]1O. The number of hydrogen-bond acceptors (Lipinski definition) is 45. The van der Waals surface area contributed by atoms with Gasteiger partial charge in [0.25, 0.3) is 5.92 Å². The number of aromatic nitrogens is 2. The molecule has 1 amide bonds. The first kappa shape index (κ1) is 88.6. The maximum Gasteiger partial charge on any atom is 0.349 e. The van der Waals surface area contributed by atoms with Crippen molar-refractivity contribution in [2.75, 3.05) is 82.8 Å². The number of aliphatic hydroxyl groups is 20. The zero-order chi connectivity index (χ0) is 80.2. The number of carbonyl (C=O) groups excluding carboxylic acids is 3. The molecule has 21 saturated heterocycles. The van der Waals surface area contributed by atoms with E-state index in [0.717, 1.165) is 24.0 Å². The lowest BCUT2D eigenvalue weighted by Gasteiger charge is -2.50. The predicted octanol–water partition coefficient (Wildman–Crippen LogP) is -15.0. The number of thioether (sulfide) groups is 1. The first-order chi connectivity index (χ1) is 52.2. The number of nitrogens with two attached hydrogens (primary N) is 1. The Morgan fingerprint density at radius 1 is 0.536 bits per heavy atom. The summed E-state index contributed by atoms with van der Waals surface area (Å²) in [6, 6.07) is -1.92. The highest BCUT2D eigenvalue weighted by atomic mass is 32.2. The number of amides is 1. The molecule has 630 valence electrons. The van der Waals surface area contributed by atoms with Crippen LogP contribution in [0.15, 0.2) is 17.1 Å². The summed E-state index contributed by atoms with van der Waals surface area (Å²) < 4.78 is 123. The highest BCUT2D eigenvalue weighted by Crippen LogP contribution is 2.47. The highest BCUT2D eigenvalue weighted by molar-refractivity contribution is 7.99. The van der Waals surface area contributed by atoms with Crippen LogP contribution >= 0.6 is 24.4 Å². The second kappa shape index (κ2) is 38.6. The van der Waals surface area contributed by atoms with Gasteiger partial charge in [-0.1, -0.05) is 0 Å². The molecule has 0 radical (unpaired) electrons. The van der Waals surface area contributed by atoms with Gasteiger partial charge in [-0.25, -0.2) is 18.4 Å². The maximum atomic E-state index is 15.1. The minimum atomic E-state index is -3.86. The van der Waals surface area contributed by atoms with Crippen LogP contribution in [0.25, 0.3) is 0 Å². The van der Waals surface area contributed by atoms with Crippen LogP contribution in [0.2, 0.25) is 0 Å². The third kappa shape index (κ3) is 19.1. The van der Waals surface area contributed by atoms with E-state index in [1.807, 2.05) is 0 Å². The number of nitrogens with one attached hydrogen (secondary N) is 2. The number of likely N-dealkylation sites (N-methyl/N-ethyl adjacent to an activating group) is 1. The maximum absolute atomic E-state index is 15.1. The molecule has 22 aliphatic rings. The van der Waals surface area contributed by atoms with Gasteiger partial charge in [0, 0.05) is 35.9 Å². The molecule has 22 heterocycles. The smallest absolute Gasteiger partial charge is 0.349 e. The van der Waals surface area contributed by atoms with E-state index in [1.54, 1.807) is 0 Å². The molecule has 1 aliphatic carbocycles. The Morgan fingerprint density at radius 3 is 1.21 bits per heavy atom. The molecule has 22 fully saturated rings. The van der Waals surface area contributed by atoms with Gasteiger partial charge in [0.15, 0.2) is 50.6 Å². The van der Waals surface area contributed by atoms with Crippen LogP contribution in [0.4, 0.5) is 14.6 Å². The lowest BCUT2D eigenvalue weighted by molar-refractivity contribution is -0.395. The number of aliphatic hydroxyl groups excluding tert-OH is 20. The summed E-state index contributed by atoms with van der Waals surface area (Å²) in [4.78, 5) is 54.5. The third-order valence-corrected chi connectivity index (χ3v) is 21.8. The van der Waals surface area contributed by atoms with Crippen LogP contribution in [0.3, 0.4) is 0 Å². The average Bonchev–Trinajstić information content (AvgIpc) is 1.29. The van der Waals surface area contributed by atoms with Crippen LogP contribution < -0.4 is 22.1 Å². The Morgan fingerprint density at radius 2 is 0.873 bits per heavy atom. The number of carbonyl (C=O) groups is 3. The van der Waals surface area contributed by atoms with Gasteiger partial charge in [-0.3, -0.25) is 14.2 Å². The molecule has 23 rings (SSSR count). The van der Waals surface area contributed by atoms with E-state index in [0.29, 0.717) is 4.57 Å². The van der Waals surface area contributed by atoms with Crippen molar-refractivity contribution in [1.82, 2.24) is 20.2 Å². The molecule has 1 aromatic heterocycles. The van der Waals surface area contributed by atoms with E-state index in [9.17, 15) is 121 Å². The monoisotopic (exact) mass is 1640 g/mol. The van der Waals surface area contributed by atoms with Crippen LogP contribution in [-0.2, 0) is 90.2 Å².